The quantitative estimate of drug-likeness (QED) is 0.118. The van der Waals surface area contributed by atoms with Crippen LogP contribution in [0, 0.1) is 0 Å². The molecule has 4 nitrogen and oxygen atoms in total. The second-order valence-corrected chi connectivity index (χ2v) is 22.2. The molecular weight excluding hydrogens is 1150 g/mol. The number of halogens is 1. The number of hydrogen-bond donors (Lipinski definition) is 2. The average Bonchev–Trinajstić information content (AvgIpc) is 3.81. The molecular formula is C81H60BrKN2O2. The molecule has 0 amide bonds. The summed E-state index contributed by atoms with van der Waals surface area (Å²) in [5.74, 6) is 0. The van der Waals surface area contributed by atoms with Gasteiger partial charge in [-0.15, -0.1) is 0 Å². The molecule has 0 atom stereocenters. The van der Waals surface area contributed by atoms with Gasteiger partial charge in [-0.25, -0.2) is 0 Å². The van der Waals surface area contributed by atoms with Crippen LogP contribution in [0.4, 0.5) is 17.1 Å². The van der Waals surface area contributed by atoms with E-state index in [4.69, 9.17) is 14.6 Å². The molecule has 0 radical (unpaired) electrons. The molecule has 0 aliphatic heterocycles. The minimum Gasteiger partial charge on any atom is -1.00 e. The molecule has 2 aromatic heterocycles. The minimum absolute atomic E-state index is 0. The predicted molar refractivity (Wildman–Crippen MR) is 371 cm³/mol. The summed E-state index contributed by atoms with van der Waals surface area (Å²) in [7, 11) is 0. The molecule has 16 rings (SSSR count). The van der Waals surface area contributed by atoms with Crippen LogP contribution >= 0.6 is 15.9 Å². The molecule has 0 saturated carbocycles. The van der Waals surface area contributed by atoms with Gasteiger partial charge in [-0.05, 0) is 179 Å². The number of furan rings is 2. The van der Waals surface area contributed by atoms with E-state index in [0.29, 0.717) is 0 Å². The van der Waals surface area contributed by atoms with Crippen LogP contribution in [0.2, 0.25) is 0 Å². The molecule has 3 N–H and O–H groups in total. The largest absolute Gasteiger partial charge is 1.00 e. The summed E-state index contributed by atoms with van der Waals surface area (Å²) in [4.78, 5) is 0. The van der Waals surface area contributed by atoms with Gasteiger partial charge in [-0.3, -0.25) is 0 Å². The fraction of sp³-hybridized carbons (Fsp3) is 0.0123. The number of hydrogen-bond acceptors (Lipinski definition) is 4. The van der Waals surface area contributed by atoms with Crippen LogP contribution < -0.4 is 62.4 Å². The first-order valence-corrected chi connectivity index (χ1v) is 29.3. The molecule has 2 heterocycles. The molecule has 0 aliphatic rings. The number of benzene rings is 14. The number of nitrogens with two attached hydrogens (primary N) is 1. The maximum absolute atomic E-state index is 6.10. The van der Waals surface area contributed by atoms with Crippen LogP contribution in [0.5, 0.6) is 0 Å². The van der Waals surface area contributed by atoms with Crippen LogP contribution in [0.1, 0.15) is 8.85 Å². The summed E-state index contributed by atoms with van der Waals surface area (Å²) in [5.41, 5.74) is 26.9. The van der Waals surface area contributed by atoms with Gasteiger partial charge in [-0.1, -0.05) is 242 Å². The molecule has 14 aromatic carbocycles. The van der Waals surface area contributed by atoms with E-state index in [9.17, 15) is 0 Å². The minimum atomic E-state index is 0. The third-order valence-electron chi connectivity index (χ3n) is 15.7. The number of nitrogen functional groups attached to an aromatic ring is 1. The van der Waals surface area contributed by atoms with Gasteiger partial charge in [0.15, 0.2) is 0 Å². The zero-order chi connectivity index (χ0) is 57.1. The van der Waals surface area contributed by atoms with Crippen molar-refractivity contribution in [2.45, 2.75) is 7.43 Å². The van der Waals surface area contributed by atoms with E-state index >= 15 is 0 Å². The third-order valence-corrected chi connectivity index (χ3v) is 16.2. The maximum Gasteiger partial charge on any atom is 1.00 e. The van der Waals surface area contributed by atoms with Crippen LogP contribution in [0.3, 0.4) is 0 Å². The molecule has 414 valence electrons. The van der Waals surface area contributed by atoms with Crippen molar-refractivity contribution in [2.24, 2.45) is 0 Å². The second kappa shape index (κ2) is 26.3. The Kier molecular flexibility index (Phi) is 17.6. The average molecular weight is 1210 g/mol. The van der Waals surface area contributed by atoms with Gasteiger partial charge in [0.1, 0.15) is 22.3 Å². The summed E-state index contributed by atoms with van der Waals surface area (Å²) in [6, 6.07) is 110. The van der Waals surface area contributed by atoms with Gasteiger partial charge in [-0.2, -0.15) is 0 Å². The molecule has 6 heteroatoms. The summed E-state index contributed by atoms with van der Waals surface area (Å²) >= 11 is 3.43. The second-order valence-electron chi connectivity index (χ2n) is 21.3. The Balaban J connectivity index is 0.000000150. The molecule has 87 heavy (non-hydrogen) atoms. The Bertz CT molecular complexity index is 5120. The van der Waals surface area contributed by atoms with E-state index in [-0.39, 0.29) is 60.2 Å². The van der Waals surface area contributed by atoms with Crippen molar-refractivity contribution in [3.8, 4) is 66.8 Å². The predicted octanol–water partition coefficient (Wildman–Crippen LogP) is 21.0. The number of para-hydroxylation sites is 2. The molecule has 0 unspecified atom stereocenters. The van der Waals surface area contributed by atoms with E-state index in [0.717, 1.165) is 65.8 Å². The van der Waals surface area contributed by atoms with Gasteiger partial charge in [0.05, 0.1) is 0 Å². The number of nitrogens with one attached hydrogen (secondary N) is 1. The van der Waals surface area contributed by atoms with E-state index < -0.39 is 0 Å². The Morgan fingerprint density at radius 1 is 0.276 bits per heavy atom. The van der Waals surface area contributed by atoms with Gasteiger partial charge in [0.25, 0.3) is 0 Å². The summed E-state index contributed by atoms with van der Waals surface area (Å²) in [6.07, 6.45) is 0. The normalized spacial score (nSPS) is 10.9. The Hall–Kier alpha value is -9.08. The standard InChI is InChI=1S/C40H27NO.C28H21N.C12H7BrO.CH4.K.H/c1-2-17-35-27(9-1)10-8-19-36(35)32-15-6-13-30(24-32)28-11-5-12-29(23-28)31-14-7-16-33(25-31)41-34-21-22-38-37-18-3-4-20-39(37)42-40(38)26-34;29-26-14-5-12-24(19-26)22-10-3-9-21(17-22)23-11-4-13-25(18-23)28-16-6-8-20-7-1-2-15-27(20)28;13-8-5-6-10-9-3-1-2-4-11(9)14-12(10)7-8;;;/h1-26,41H;1-19H,29H2;1-7H;1H4;;/q;;;;+1;-1. The summed E-state index contributed by atoms with van der Waals surface area (Å²) in [5, 5.41) is 13.3. The topological polar surface area (TPSA) is 64.3 Å². The van der Waals surface area contributed by atoms with Crippen LogP contribution in [0.15, 0.2) is 329 Å². The fourth-order valence-corrected chi connectivity index (χ4v) is 11.9. The molecule has 0 bridgehead atoms. The van der Waals surface area contributed by atoms with E-state index in [2.05, 4.69) is 270 Å². The summed E-state index contributed by atoms with van der Waals surface area (Å²) < 4.78 is 12.8. The van der Waals surface area contributed by atoms with Crippen molar-refractivity contribution in [2.75, 3.05) is 11.1 Å². The first kappa shape index (κ1) is 58.3. The van der Waals surface area contributed by atoms with Gasteiger partial charge in [0, 0.05) is 49.1 Å². The smallest absolute Gasteiger partial charge is 1.00 e. The zero-order valence-electron chi connectivity index (χ0n) is 48.3. The van der Waals surface area contributed by atoms with E-state index in [1.54, 1.807) is 0 Å². The van der Waals surface area contributed by atoms with Crippen molar-refractivity contribution in [1.29, 1.82) is 0 Å². The van der Waals surface area contributed by atoms with Crippen molar-refractivity contribution in [1.82, 2.24) is 0 Å². The van der Waals surface area contributed by atoms with E-state index in [1.807, 2.05) is 66.7 Å². The molecule has 0 spiro atoms. The molecule has 0 fully saturated rings. The van der Waals surface area contributed by atoms with Gasteiger partial charge in [0.2, 0.25) is 0 Å². The Labute approximate surface area is 559 Å². The first-order chi connectivity index (χ1) is 41.9. The van der Waals surface area contributed by atoms with Gasteiger partial charge < -0.3 is 21.3 Å². The monoisotopic (exact) mass is 1210 g/mol. The first-order valence-electron chi connectivity index (χ1n) is 28.5. The number of rotatable bonds is 8. The number of fused-ring (bicyclic) bond motifs is 8. The van der Waals surface area contributed by atoms with Crippen LogP contribution in [0.25, 0.3) is 132 Å². The van der Waals surface area contributed by atoms with Crippen molar-refractivity contribution >= 4 is 98.4 Å². The van der Waals surface area contributed by atoms with Crippen molar-refractivity contribution in [3.63, 3.8) is 0 Å². The Morgan fingerprint density at radius 3 is 1.13 bits per heavy atom. The van der Waals surface area contributed by atoms with Crippen LogP contribution in [-0.2, 0) is 0 Å². The number of anilines is 3. The van der Waals surface area contributed by atoms with E-state index in [1.165, 1.54) is 88.0 Å². The molecule has 16 aromatic rings. The SMILES string of the molecule is Brc1ccc2c(c1)oc1ccccc12.C.Nc1cccc(-c2cccc(-c3cccc(-c4cccc5ccccc45)c3)c2)c1.[H-].[K+].c1cc(Nc2ccc3c(c2)oc2ccccc23)cc(-c2cccc(-c3cccc(-c4cccc5ccccc45)c3)c2)c1. The Morgan fingerprint density at radius 2 is 0.621 bits per heavy atom. The van der Waals surface area contributed by atoms with Gasteiger partial charge >= 0.3 is 51.4 Å². The van der Waals surface area contributed by atoms with Crippen molar-refractivity contribution in [3.05, 3.63) is 320 Å². The van der Waals surface area contributed by atoms with Crippen LogP contribution in [-0.4, -0.2) is 0 Å². The molecule has 0 aliphatic carbocycles. The molecule has 0 saturated heterocycles. The zero-order valence-corrected chi connectivity index (χ0v) is 52.0. The maximum atomic E-state index is 6.10. The summed E-state index contributed by atoms with van der Waals surface area (Å²) in [6.45, 7) is 0. The fourth-order valence-electron chi connectivity index (χ4n) is 11.6. The third kappa shape index (κ3) is 12.6. The van der Waals surface area contributed by atoms with Crippen molar-refractivity contribution < 1.29 is 61.6 Å².